The number of piperazine rings is 1. The van der Waals surface area contributed by atoms with Gasteiger partial charge in [-0.05, 0) is 26.3 Å². The lowest BCUT2D eigenvalue weighted by molar-refractivity contribution is 0.0683. The van der Waals surface area contributed by atoms with Crippen LogP contribution >= 0.6 is 0 Å². The van der Waals surface area contributed by atoms with Crippen molar-refractivity contribution >= 4 is 9.84 Å². The van der Waals surface area contributed by atoms with Gasteiger partial charge in [-0.25, -0.2) is 8.42 Å². The second kappa shape index (κ2) is 6.07. The van der Waals surface area contributed by atoms with Gasteiger partial charge in [0.2, 0.25) is 0 Å². The van der Waals surface area contributed by atoms with E-state index in [-0.39, 0.29) is 17.3 Å². The third kappa shape index (κ3) is 4.05. The monoisotopic (exact) mass is 310 g/mol. The third-order valence-electron chi connectivity index (χ3n) is 4.37. The Bertz CT molecular complexity index is 573. The lowest BCUT2D eigenvalue weighted by atomic mass is 9.88. The molecule has 0 spiro atoms. The van der Waals surface area contributed by atoms with E-state index in [4.69, 9.17) is 0 Å². The maximum atomic E-state index is 11.6. The van der Waals surface area contributed by atoms with Gasteiger partial charge in [0.15, 0.2) is 0 Å². The van der Waals surface area contributed by atoms with E-state index < -0.39 is 9.84 Å². The maximum absolute atomic E-state index is 11.6. The smallest absolute Gasteiger partial charge is 0.148 e. The van der Waals surface area contributed by atoms with E-state index in [2.05, 4.69) is 36.2 Å². The number of rotatable bonds is 4. The van der Waals surface area contributed by atoms with Crippen LogP contribution < -0.4 is 5.32 Å². The van der Waals surface area contributed by atoms with Gasteiger partial charge in [-0.15, -0.1) is 0 Å². The molecule has 0 aliphatic carbocycles. The maximum Gasteiger partial charge on any atom is 0.148 e. The molecule has 4 nitrogen and oxygen atoms in total. The lowest BCUT2D eigenvalue weighted by Crippen LogP contribution is -2.63. The molecule has 0 radical (unpaired) electrons. The van der Waals surface area contributed by atoms with Gasteiger partial charge in [0, 0.05) is 31.4 Å². The van der Waals surface area contributed by atoms with Crippen molar-refractivity contribution in [3.63, 3.8) is 0 Å². The molecule has 1 aliphatic heterocycles. The van der Waals surface area contributed by atoms with Crippen LogP contribution in [0, 0.1) is 0 Å². The van der Waals surface area contributed by atoms with Crippen LogP contribution in [0.15, 0.2) is 30.3 Å². The van der Waals surface area contributed by atoms with E-state index in [1.165, 1.54) is 11.8 Å². The summed E-state index contributed by atoms with van der Waals surface area (Å²) in [7, 11) is -2.96. The second-order valence-corrected chi connectivity index (χ2v) is 8.73. The predicted octanol–water partition coefficient (Wildman–Crippen LogP) is 1.63. The summed E-state index contributed by atoms with van der Waals surface area (Å²) >= 11 is 0. The minimum Gasteiger partial charge on any atom is -0.305 e. The van der Waals surface area contributed by atoms with Crippen LogP contribution in [0.2, 0.25) is 0 Å². The van der Waals surface area contributed by atoms with Crippen molar-refractivity contribution in [1.29, 1.82) is 0 Å². The molecule has 3 unspecified atom stereocenters. The molecule has 0 saturated carbocycles. The number of nitrogens with one attached hydrogen (secondary N) is 1. The van der Waals surface area contributed by atoms with Crippen molar-refractivity contribution in [2.45, 2.75) is 38.4 Å². The zero-order valence-electron chi connectivity index (χ0n) is 13.3. The molecular formula is C16H26N2O2S. The molecule has 1 aliphatic rings. The first kappa shape index (κ1) is 16.5. The van der Waals surface area contributed by atoms with Crippen LogP contribution in [0.1, 0.15) is 26.3 Å². The quantitative estimate of drug-likeness (QED) is 0.918. The Hall–Kier alpha value is -0.910. The molecule has 1 aromatic carbocycles. The van der Waals surface area contributed by atoms with Crippen molar-refractivity contribution in [3.05, 3.63) is 35.9 Å². The molecule has 118 valence electrons. The van der Waals surface area contributed by atoms with Crippen LogP contribution in [-0.2, 0) is 15.4 Å². The molecule has 1 aromatic rings. The van der Waals surface area contributed by atoms with Crippen LogP contribution in [0.25, 0.3) is 0 Å². The summed E-state index contributed by atoms with van der Waals surface area (Å²) in [6.07, 6.45) is 1.31. The molecule has 0 aromatic heterocycles. The number of nitrogens with zero attached hydrogens (tertiary/aromatic N) is 1. The molecule has 2 rings (SSSR count). The fourth-order valence-corrected chi connectivity index (χ4v) is 4.26. The number of benzene rings is 1. The highest BCUT2D eigenvalue weighted by Crippen LogP contribution is 2.27. The van der Waals surface area contributed by atoms with Gasteiger partial charge in [0.25, 0.3) is 0 Å². The van der Waals surface area contributed by atoms with E-state index in [9.17, 15) is 8.42 Å². The van der Waals surface area contributed by atoms with Crippen LogP contribution in [0.5, 0.6) is 0 Å². The van der Waals surface area contributed by atoms with Crippen molar-refractivity contribution in [3.8, 4) is 0 Å². The first-order valence-electron chi connectivity index (χ1n) is 7.45. The molecular weight excluding hydrogens is 284 g/mol. The molecule has 3 atom stereocenters. The highest BCUT2D eigenvalue weighted by molar-refractivity contribution is 7.90. The average Bonchev–Trinajstić information content (AvgIpc) is 2.41. The first-order chi connectivity index (χ1) is 9.71. The topological polar surface area (TPSA) is 49.4 Å². The Morgan fingerprint density at radius 1 is 1.38 bits per heavy atom. The Balaban J connectivity index is 2.19. The predicted molar refractivity (Wildman–Crippen MR) is 87.1 cm³/mol. The van der Waals surface area contributed by atoms with E-state index in [1.807, 2.05) is 25.1 Å². The largest absolute Gasteiger partial charge is 0.305 e. The summed E-state index contributed by atoms with van der Waals surface area (Å²) < 4.78 is 23.2. The minimum absolute atomic E-state index is 0.0279. The molecule has 21 heavy (non-hydrogen) atoms. The number of sulfone groups is 1. The van der Waals surface area contributed by atoms with Gasteiger partial charge in [-0.1, -0.05) is 30.3 Å². The van der Waals surface area contributed by atoms with Crippen molar-refractivity contribution in [1.82, 2.24) is 10.2 Å². The SMILES string of the molecule is CC1CNC(C)(c2ccccc2)CN1C(C)CS(C)(=O)=O. The fourth-order valence-electron chi connectivity index (χ4n) is 3.19. The minimum atomic E-state index is -2.96. The zero-order valence-corrected chi connectivity index (χ0v) is 14.2. The summed E-state index contributed by atoms with van der Waals surface area (Å²) in [4.78, 5) is 2.31. The van der Waals surface area contributed by atoms with Crippen LogP contribution in [0.4, 0.5) is 0 Å². The van der Waals surface area contributed by atoms with Crippen molar-refractivity contribution < 1.29 is 8.42 Å². The third-order valence-corrected chi connectivity index (χ3v) is 5.46. The van der Waals surface area contributed by atoms with Gasteiger partial charge in [-0.3, -0.25) is 4.90 Å². The van der Waals surface area contributed by atoms with Crippen molar-refractivity contribution in [2.75, 3.05) is 25.1 Å². The summed E-state index contributed by atoms with van der Waals surface area (Å²) in [5.41, 5.74) is 1.10. The van der Waals surface area contributed by atoms with E-state index in [0.717, 1.165) is 13.1 Å². The second-order valence-electron chi connectivity index (χ2n) is 6.54. The first-order valence-corrected chi connectivity index (χ1v) is 9.51. The average molecular weight is 310 g/mol. The lowest BCUT2D eigenvalue weighted by Gasteiger charge is -2.47. The van der Waals surface area contributed by atoms with Gasteiger partial charge < -0.3 is 5.32 Å². The summed E-state index contributed by atoms with van der Waals surface area (Å²) in [6.45, 7) is 8.02. The number of hydrogen-bond donors (Lipinski definition) is 1. The Morgan fingerprint density at radius 2 is 2.00 bits per heavy atom. The fraction of sp³-hybridized carbons (Fsp3) is 0.625. The van der Waals surface area contributed by atoms with Gasteiger partial charge in [0.05, 0.1) is 11.3 Å². The number of hydrogen-bond acceptors (Lipinski definition) is 4. The molecule has 0 amide bonds. The normalized spacial score (nSPS) is 29.2. The van der Waals surface area contributed by atoms with E-state index >= 15 is 0 Å². The Kier molecular flexibility index (Phi) is 4.76. The standard InChI is InChI=1S/C16H26N2O2S/c1-13-10-17-16(3,15-8-6-5-7-9-15)12-18(13)14(2)11-21(4,19)20/h5-9,13-14,17H,10-12H2,1-4H3. The van der Waals surface area contributed by atoms with Crippen molar-refractivity contribution in [2.24, 2.45) is 0 Å². The molecule has 1 fully saturated rings. The zero-order chi connectivity index (χ0) is 15.7. The molecule has 0 bridgehead atoms. The van der Waals surface area contributed by atoms with Crippen LogP contribution in [0.3, 0.4) is 0 Å². The molecule has 1 N–H and O–H groups in total. The highest BCUT2D eigenvalue weighted by atomic mass is 32.2. The molecule has 1 saturated heterocycles. The van der Waals surface area contributed by atoms with Gasteiger partial charge >= 0.3 is 0 Å². The van der Waals surface area contributed by atoms with Gasteiger partial charge in [0.1, 0.15) is 9.84 Å². The van der Waals surface area contributed by atoms with Crippen LogP contribution in [-0.4, -0.2) is 50.5 Å². The van der Waals surface area contributed by atoms with E-state index in [0.29, 0.717) is 6.04 Å². The summed E-state index contributed by atoms with van der Waals surface area (Å²) in [6, 6.07) is 10.7. The summed E-state index contributed by atoms with van der Waals surface area (Å²) in [5.74, 6) is 0.211. The van der Waals surface area contributed by atoms with E-state index in [1.54, 1.807) is 0 Å². The summed E-state index contributed by atoms with van der Waals surface area (Å²) in [5, 5.41) is 3.62. The molecule has 5 heteroatoms. The molecule has 1 heterocycles. The Labute approximate surface area is 128 Å². The Morgan fingerprint density at radius 3 is 2.57 bits per heavy atom. The van der Waals surface area contributed by atoms with Gasteiger partial charge in [-0.2, -0.15) is 0 Å². The highest BCUT2D eigenvalue weighted by Gasteiger charge is 2.37.